The fourth-order valence-electron chi connectivity index (χ4n) is 1.12. The lowest BCUT2D eigenvalue weighted by atomic mass is 10.3. The molecule has 84 valence electrons. The van der Waals surface area contributed by atoms with Gasteiger partial charge in [-0.3, -0.25) is 10.2 Å². The van der Waals surface area contributed by atoms with Crippen molar-refractivity contribution in [3.05, 3.63) is 24.3 Å². The van der Waals surface area contributed by atoms with Gasteiger partial charge in [0.25, 0.3) is 5.91 Å². The van der Waals surface area contributed by atoms with Crippen LogP contribution in [0.25, 0.3) is 10.2 Å². The molecule has 0 radical (unpaired) electrons. The zero-order valence-corrected chi connectivity index (χ0v) is 9.72. The second kappa shape index (κ2) is 4.79. The van der Waals surface area contributed by atoms with E-state index in [1.807, 2.05) is 29.7 Å². The van der Waals surface area contributed by atoms with Gasteiger partial charge in [-0.15, -0.1) is 11.3 Å². The van der Waals surface area contributed by atoms with Gasteiger partial charge in [0.2, 0.25) is 0 Å². The standard InChI is InChI=1S/C9H9N3O2S2/c10-12-7(13)8(14)16-9-11-5-3-1-2-4-6(5)15-9/h1-4,8,14H,10H2,(H,12,13). The number of rotatable bonds is 3. The predicted molar refractivity (Wildman–Crippen MR) is 63.8 cm³/mol. The Labute approximate surface area is 99.6 Å². The van der Waals surface area contributed by atoms with E-state index >= 15 is 0 Å². The van der Waals surface area contributed by atoms with Gasteiger partial charge in [0, 0.05) is 0 Å². The summed E-state index contributed by atoms with van der Waals surface area (Å²) in [5.74, 6) is 4.28. The first-order valence-corrected chi connectivity index (χ1v) is 6.11. The molecule has 0 spiro atoms. The SMILES string of the molecule is NNC(=O)C(O)Sc1nc2ccccc2s1. The Kier molecular flexibility index (Phi) is 3.39. The molecule has 1 aromatic carbocycles. The van der Waals surface area contributed by atoms with E-state index in [1.54, 1.807) is 0 Å². The van der Waals surface area contributed by atoms with Crippen LogP contribution in [-0.2, 0) is 4.79 Å². The van der Waals surface area contributed by atoms with Gasteiger partial charge in [0.05, 0.1) is 10.2 Å². The number of aliphatic hydroxyl groups excluding tert-OH is 1. The Bertz CT molecular complexity index is 481. The number of hydrogen-bond acceptors (Lipinski definition) is 6. The molecule has 0 saturated heterocycles. The number of hydrogen-bond donors (Lipinski definition) is 3. The number of thioether (sulfide) groups is 1. The summed E-state index contributed by atoms with van der Waals surface area (Å²) in [5, 5.41) is 9.43. The molecule has 1 aromatic heterocycles. The molecule has 7 heteroatoms. The quantitative estimate of drug-likeness (QED) is 0.247. The fraction of sp³-hybridized carbons (Fsp3) is 0.111. The first kappa shape index (κ1) is 11.3. The summed E-state index contributed by atoms with van der Waals surface area (Å²) < 4.78 is 1.66. The van der Waals surface area contributed by atoms with Crippen molar-refractivity contribution in [2.75, 3.05) is 0 Å². The Balaban J connectivity index is 2.18. The Morgan fingerprint density at radius 1 is 1.56 bits per heavy atom. The third-order valence-electron chi connectivity index (χ3n) is 1.85. The van der Waals surface area contributed by atoms with Gasteiger partial charge in [-0.25, -0.2) is 10.8 Å². The van der Waals surface area contributed by atoms with E-state index in [9.17, 15) is 9.90 Å². The minimum atomic E-state index is -1.23. The summed E-state index contributed by atoms with van der Waals surface area (Å²) in [5.41, 5.74) is 1.51. The molecular formula is C9H9N3O2S2. The highest BCUT2D eigenvalue weighted by atomic mass is 32.2. The lowest BCUT2D eigenvalue weighted by Gasteiger charge is -2.04. The summed E-state index contributed by atoms with van der Waals surface area (Å²) in [4.78, 5) is 15.3. The van der Waals surface area contributed by atoms with Gasteiger partial charge < -0.3 is 5.11 Å². The number of nitrogens with one attached hydrogen (secondary N) is 1. The molecule has 0 bridgehead atoms. The third kappa shape index (κ3) is 2.33. The molecule has 0 aliphatic heterocycles. The average Bonchev–Trinajstić information content (AvgIpc) is 2.69. The zero-order chi connectivity index (χ0) is 11.5. The Morgan fingerprint density at radius 3 is 3.00 bits per heavy atom. The monoisotopic (exact) mass is 255 g/mol. The van der Waals surface area contributed by atoms with E-state index in [2.05, 4.69) is 4.98 Å². The lowest BCUT2D eigenvalue weighted by Crippen LogP contribution is -2.37. The minimum absolute atomic E-state index is 0.635. The molecule has 4 N–H and O–H groups in total. The number of fused-ring (bicyclic) bond motifs is 1. The van der Waals surface area contributed by atoms with E-state index in [1.165, 1.54) is 11.3 Å². The van der Waals surface area contributed by atoms with Gasteiger partial charge in [0.1, 0.15) is 0 Å². The average molecular weight is 255 g/mol. The largest absolute Gasteiger partial charge is 0.373 e. The van der Waals surface area contributed by atoms with Crippen molar-refractivity contribution in [3.63, 3.8) is 0 Å². The number of aromatic nitrogens is 1. The molecule has 1 atom stereocenters. The van der Waals surface area contributed by atoms with Gasteiger partial charge in [-0.1, -0.05) is 23.9 Å². The van der Waals surface area contributed by atoms with Crippen LogP contribution in [0.5, 0.6) is 0 Å². The van der Waals surface area contributed by atoms with Crippen molar-refractivity contribution in [2.45, 2.75) is 9.78 Å². The van der Waals surface area contributed by atoms with E-state index in [0.717, 1.165) is 22.0 Å². The number of nitrogens with two attached hydrogens (primary N) is 1. The van der Waals surface area contributed by atoms with Crippen LogP contribution >= 0.6 is 23.1 Å². The molecule has 0 saturated carbocycles. The van der Waals surface area contributed by atoms with Gasteiger partial charge in [-0.05, 0) is 12.1 Å². The first-order valence-electron chi connectivity index (χ1n) is 4.41. The first-order chi connectivity index (χ1) is 7.70. The molecule has 0 aliphatic carbocycles. The van der Waals surface area contributed by atoms with E-state index in [0.29, 0.717) is 4.34 Å². The molecule has 1 unspecified atom stereocenters. The molecule has 1 heterocycles. The molecular weight excluding hydrogens is 246 g/mol. The smallest absolute Gasteiger partial charge is 0.273 e. The van der Waals surface area contributed by atoms with Crippen LogP contribution in [0.15, 0.2) is 28.6 Å². The molecule has 16 heavy (non-hydrogen) atoms. The molecule has 2 rings (SSSR count). The van der Waals surface area contributed by atoms with Crippen molar-refractivity contribution in [1.29, 1.82) is 0 Å². The molecule has 5 nitrogen and oxygen atoms in total. The summed E-state index contributed by atoms with van der Waals surface area (Å²) in [6.07, 6.45) is 0. The number of para-hydroxylation sites is 1. The maximum Gasteiger partial charge on any atom is 0.273 e. The second-order valence-corrected chi connectivity index (χ2v) is 5.28. The zero-order valence-electron chi connectivity index (χ0n) is 8.08. The number of carbonyl (C=O) groups is 1. The summed E-state index contributed by atoms with van der Waals surface area (Å²) >= 11 is 2.40. The third-order valence-corrected chi connectivity index (χ3v) is 3.95. The summed E-state index contributed by atoms with van der Waals surface area (Å²) in [7, 11) is 0. The van der Waals surface area contributed by atoms with E-state index < -0.39 is 11.3 Å². The van der Waals surface area contributed by atoms with Crippen molar-refractivity contribution in [2.24, 2.45) is 5.84 Å². The van der Waals surface area contributed by atoms with Crippen LogP contribution in [0.4, 0.5) is 0 Å². The normalized spacial score (nSPS) is 12.6. The number of hydrazine groups is 1. The van der Waals surface area contributed by atoms with Crippen molar-refractivity contribution >= 4 is 39.2 Å². The van der Waals surface area contributed by atoms with Crippen LogP contribution in [0.1, 0.15) is 0 Å². The van der Waals surface area contributed by atoms with Gasteiger partial charge >= 0.3 is 0 Å². The van der Waals surface area contributed by atoms with E-state index in [-0.39, 0.29) is 0 Å². The molecule has 2 aromatic rings. The molecule has 0 aliphatic rings. The Hall–Kier alpha value is -1.15. The predicted octanol–water partition coefficient (Wildman–Crippen LogP) is 0.697. The second-order valence-electron chi connectivity index (χ2n) is 2.93. The highest BCUT2D eigenvalue weighted by Crippen LogP contribution is 2.31. The number of carbonyl (C=O) groups excluding carboxylic acids is 1. The maximum atomic E-state index is 11.0. The number of aliphatic hydroxyl groups is 1. The van der Waals surface area contributed by atoms with Crippen LogP contribution in [0, 0.1) is 0 Å². The van der Waals surface area contributed by atoms with Gasteiger partial charge in [0.15, 0.2) is 9.78 Å². The Morgan fingerprint density at radius 2 is 2.31 bits per heavy atom. The van der Waals surface area contributed by atoms with Crippen LogP contribution in [0.3, 0.4) is 0 Å². The van der Waals surface area contributed by atoms with Crippen molar-refractivity contribution in [3.8, 4) is 0 Å². The number of amides is 1. The van der Waals surface area contributed by atoms with E-state index in [4.69, 9.17) is 5.84 Å². The lowest BCUT2D eigenvalue weighted by molar-refractivity contribution is -0.125. The number of thiazole rings is 1. The highest BCUT2D eigenvalue weighted by molar-refractivity contribution is 8.02. The van der Waals surface area contributed by atoms with Gasteiger partial charge in [-0.2, -0.15) is 0 Å². The fourth-order valence-corrected chi connectivity index (χ4v) is 3.07. The number of benzene rings is 1. The van der Waals surface area contributed by atoms with Crippen molar-refractivity contribution < 1.29 is 9.90 Å². The number of nitrogens with zero attached hydrogens (tertiary/aromatic N) is 1. The topological polar surface area (TPSA) is 88.2 Å². The summed E-state index contributed by atoms with van der Waals surface area (Å²) in [6.45, 7) is 0. The minimum Gasteiger partial charge on any atom is -0.373 e. The van der Waals surface area contributed by atoms with Crippen LogP contribution < -0.4 is 11.3 Å². The van der Waals surface area contributed by atoms with Crippen LogP contribution in [-0.4, -0.2) is 21.4 Å². The highest BCUT2D eigenvalue weighted by Gasteiger charge is 2.17. The van der Waals surface area contributed by atoms with Crippen LogP contribution in [0.2, 0.25) is 0 Å². The summed E-state index contributed by atoms with van der Waals surface area (Å²) in [6, 6.07) is 7.62. The molecule has 1 amide bonds. The van der Waals surface area contributed by atoms with Crippen molar-refractivity contribution in [1.82, 2.24) is 10.4 Å². The maximum absolute atomic E-state index is 11.0. The molecule has 0 fully saturated rings.